The Morgan fingerprint density at radius 2 is 2.40 bits per heavy atom. The molecule has 0 saturated heterocycles. The first-order chi connectivity index (χ1) is 4.88. The minimum atomic E-state index is 0.764. The summed E-state index contributed by atoms with van der Waals surface area (Å²) in [6.45, 7) is 0. The highest BCUT2D eigenvalue weighted by molar-refractivity contribution is 9.11. The van der Waals surface area contributed by atoms with Crippen LogP contribution in [-0.4, -0.2) is 4.98 Å². The van der Waals surface area contributed by atoms with Crippen molar-refractivity contribution in [3.63, 3.8) is 0 Å². The molecule has 0 unspecified atom stereocenters. The lowest BCUT2D eigenvalue weighted by Gasteiger charge is -2.23. The molecule has 0 atom stereocenters. The lowest BCUT2D eigenvalue weighted by atomic mass is 9.83. The van der Waals surface area contributed by atoms with E-state index < -0.39 is 0 Å². The van der Waals surface area contributed by atoms with E-state index >= 15 is 0 Å². The molecule has 1 aliphatic rings. The van der Waals surface area contributed by atoms with Gasteiger partial charge in [0, 0.05) is 5.92 Å². The first-order valence-electron chi connectivity index (χ1n) is 3.47. The highest BCUT2D eigenvalue weighted by Crippen LogP contribution is 2.39. The van der Waals surface area contributed by atoms with Crippen molar-refractivity contribution >= 4 is 27.3 Å². The molecule has 1 heterocycles. The Kier molecular flexibility index (Phi) is 1.78. The summed E-state index contributed by atoms with van der Waals surface area (Å²) in [5.74, 6) is 0.764. The summed E-state index contributed by atoms with van der Waals surface area (Å²) in [4.78, 5) is 4.31. The summed E-state index contributed by atoms with van der Waals surface area (Å²) in [6.07, 6.45) is 4.05. The van der Waals surface area contributed by atoms with Gasteiger partial charge in [0.05, 0.1) is 15.0 Å². The van der Waals surface area contributed by atoms with Gasteiger partial charge < -0.3 is 0 Å². The van der Waals surface area contributed by atoms with E-state index in [0.717, 1.165) is 5.92 Å². The number of thiazole rings is 1. The first-order valence-corrected chi connectivity index (χ1v) is 5.14. The van der Waals surface area contributed by atoms with Crippen molar-refractivity contribution in [1.82, 2.24) is 4.98 Å². The Balaban J connectivity index is 2.23. The molecule has 0 bridgehead atoms. The van der Waals surface area contributed by atoms with Gasteiger partial charge in [-0.25, -0.2) is 4.98 Å². The summed E-state index contributed by atoms with van der Waals surface area (Å²) in [6, 6.07) is 0. The van der Waals surface area contributed by atoms with Crippen molar-refractivity contribution in [2.24, 2.45) is 0 Å². The molecule has 2 rings (SSSR count). The smallest absolute Gasteiger partial charge is 0.0931 e. The quantitative estimate of drug-likeness (QED) is 0.705. The van der Waals surface area contributed by atoms with Crippen molar-refractivity contribution in [3.8, 4) is 0 Å². The SMILES string of the molecule is Brc1scnc1C1CCC1. The normalized spacial score (nSPS) is 18.9. The van der Waals surface area contributed by atoms with Crippen molar-refractivity contribution in [3.05, 3.63) is 15.0 Å². The molecule has 0 radical (unpaired) electrons. The van der Waals surface area contributed by atoms with Crippen LogP contribution in [0.15, 0.2) is 9.30 Å². The van der Waals surface area contributed by atoms with Gasteiger partial charge in [-0.2, -0.15) is 0 Å². The molecular formula is C7H8BrNS. The molecule has 3 heteroatoms. The maximum atomic E-state index is 4.31. The third kappa shape index (κ3) is 1.01. The molecule has 10 heavy (non-hydrogen) atoms. The van der Waals surface area contributed by atoms with E-state index in [1.807, 2.05) is 5.51 Å². The largest absolute Gasteiger partial charge is 0.248 e. The van der Waals surface area contributed by atoms with Gasteiger partial charge in [0.25, 0.3) is 0 Å². The fourth-order valence-electron chi connectivity index (χ4n) is 1.19. The predicted molar refractivity (Wildman–Crippen MR) is 46.4 cm³/mol. The van der Waals surface area contributed by atoms with Gasteiger partial charge in [0.1, 0.15) is 0 Å². The van der Waals surface area contributed by atoms with Crippen LogP contribution in [0.2, 0.25) is 0 Å². The van der Waals surface area contributed by atoms with Crippen molar-refractivity contribution < 1.29 is 0 Å². The topological polar surface area (TPSA) is 12.9 Å². The number of rotatable bonds is 1. The van der Waals surface area contributed by atoms with E-state index in [1.165, 1.54) is 28.7 Å². The lowest BCUT2D eigenvalue weighted by molar-refractivity contribution is 0.411. The number of aromatic nitrogens is 1. The van der Waals surface area contributed by atoms with Crippen LogP contribution in [0.4, 0.5) is 0 Å². The number of halogens is 1. The van der Waals surface area contributed by atoms with E-state index in [9.17, 15) is 0 Å². The molecule has 54 valence electrons. The Labute approximate surface area is 72.6 Å². The maximum absolute atomic E-state index is 4.31. The molecule has 1 fully saturated rings. The first kappa shape index (κ1) is 6.80. The Bertz CT molecular complexity index is 229. The molecule has 1 aliphatic carbocycles. The van der Waals surface area contributed by atoms with Crippen LogP contribution < -0.4 is 0 Å². The second-order valence-corrected chi connectivity index (χ2v) is 4.81. The average Bonchev–Trinajstić information content (AvgIpc) is 2.12. The summed E-state index contributed by atoms with van der Waals surface area (Å²) in [5.41, 5.74) is 3.20. The lowest BCUT2D eigenvalue weighted by Crippen LogP contribution is -2.09. The van der Waals surface area contributed by atoms with Crippen LogP contribution >= 0.6 is 27.3 Å². The van der Waals surface area contributed by atoms with Gasteiger partial charge in [-0.3, -0.25) is 0 Å². The second-order valence-electron chi connectivity index (χ2n) is 2.64. The minimum Gasteiger partial charge on any atom is -0.248 e. The molecule has 0 spiro atoms. The molecule has 1 aromatic heterocycles. The molecule has 0 N–H and O–H groups in total. The van der Waals surface area contributed by atoms with Gasteiger partial charge in [0.2, 0.25) is 0 Å². The van der Waals surface area contributed by atoms with Crippen LogP contribution in [-0.2, 0) is 0 Å². The fourth-order valence-corrected chi connectivity index (χ4v) is 2.46. The molecule has 1 nitrogen and oxygen atoms in total. The van der Waals surface area contributed by atoms with E-state index in [2.05, 4.69) is 20.9 Å². The highest BCUT2D eigenvalue weighted by Gasteiger charge is 2.23. The molecule has 0 aromatic carbocycles. The van der Waals surface area contributed by atoms with Gasteiger partial charge in [-0.15, -0.1) is 11.3 Å². The average molecular weight is 218 g/mol. The minimum absolute atomic E-state index is 0.764. The highest BCUT2D eigenvalue weighted by atomic mass is 79.9. The van der Waals surface area contributed by atoms with Crippen LogP contribution in [0, 0.1) is 0 Å². The van der Waals surface area contributed by atoms with Gasteiger partial charge in [-0.1, -0.05) is 6.42 Å². The molecule has 0 aliphatic heterocycles. The van der Waals surface area contributed by atoms with Crippen LogP contribution in [0.5, 0.6) is 0 Å². The second kappa shape index (κ2) is 2.62. The summed E-state index contributed by atoms with van der Waals surface area (Å²) in [7, 11) is 0. The van der Waals surface area contributed by atoms with Crippen molar-refractivity contribution in [1.29, 1.82) is 0 Å². The summed E-state index contributed by atoms with van der Waals surface area (Å²) >= 11 is 5.19. The number of hydrogen-bond donors (Lipinski definition) is 0. The monoisotopic (exact) mass is 217 g/mol. The van der Waals surface area contributed by atoms with E-state index in [4.69, 9.17) is 0 Å². The zero-order valence-corrected chi connectivity index (χ0v) is 7.91. The van der Waals surface area contributed by atoms with Crippen molar-refractivity contribution in [2.75, 3.05) is 0 Å². The van der Waals surface area contributed by atoms with Gasteiger partial charge >= 0.3 is 0 Å². The van der Waals surface area contributed by atoms with Crippen LogP contribution in [0.1, 0.15) is 30.9 Å². The third-order valence-electron chi connectivity index (χ3n) is 2.04. The molecule has 0 amide bonds. The van der Waals surface area contributed by atoms with E-state index in [-0.39, 0.29) is 0 Å². The standard InChI is InChI=1S/C7H8BrNS/c8-7-6(9-4-10-7)5-2-1-3-5/h4-5H,1-3H2. The molecular weight excluding hydrogens is 210 g/mol. The molecule has 1 aromatic rings. The summed E-state index contributed by atoms with van der Waals surface area (Å²) in [5, 5.41) is 0. The molecule has 1 saturated carbocycles. The fraction of sp³-hybridized carbons (Fsp3) is 0.571. The van der Waals surface area contributed by atoms with E-state index in [1.54, 1.807) is 11.3 Å². The van der Waals surface area contributed by atoms with E-state index in [0.29, 0.717) is 0 Å². The predicted octanol–water partition coefficient (Wildman–Crippen LogP) is 3.17. The number of nitrogens with zero attached hydrogens (tertiary/aromatic N) is 1. The maximum Gasteiger partial charge on any atom is 0.0931 e. The number of hydrogen-bond acceptors (Lipinski definition) is 2. The van der Waals surface area contributed by atoms with Gasteiger partial charge in [0.15, 0.2) is 0 Å². The van der Waals surface area contributed by atoms with Gasteiger partial charge in [-0.05, 0) is 28.8 Å². The van der Waals surface area contributed by atoms with Crippen molar-refractivity contribution in [2.45, 2.75) is 25.2 Å². The van der Waals surface area contributed by atoms with Crippen LogP contribution in [0.3, 0.4) is 0 Å². The van der Waals surface area contributed by atoms with Crippen LogP contribution in [0.25, 0.3) is 0 Å². The Hall–Kier alpha value is 0.110. The zero-order chi connectivity index (χ0) is 6.97. The Morgan fingerprint density at radius 3 is 2.80 bits per heavy atom. The third-order valence-corrected chi connectivity index (χ3v) is 3.64. The Morgan fingerprint density at radius 1 is 1.60 bits per heavy atom. The zero-order valence-electron chi connectivity index (χ0n) is 5.51. The summed E-state index contributed by atoms with van der Waals surface area (Å²) < 4.78 is 1.23.